The van der Waals surface area contributed by atoms with Crippen LogP contribution in [0.2, 0.25) is 0 Å². The number of rotatable bonds is 3. The first kappa shape index (κ1) is 19.0. The number of piperazine rings is 1. The lowest BCUT2D eigenvalue weighted by Gasteiger charge is -2.36. The minimum Gasteiger partial charge on any atom is -0.485 e. The van der Waals surface area contributed by atoms with Gasteiger partial charge in [0.15, 0.2) is 17.5 Å². The zero-order valence-corrected chi connectivity index (χ0v) is 15.5. The molecule has 0 spiro atoms. The first-order valence-corrected chi connectivity index (χ1v) is 9.04. The molecular weight excluding hydrogens is 352 g/mol. The van der Waals surface area contributed by atoms with Gasteiger partial charge >= 0.3 is 6.03 Å². The predicted octanol–water partition coefficient (Wildman–Crippen LogP) is -1.60. The average Bonchev–Trinajstić information content (AvgIpc) is 2.72. The second-order valence-electron chi connectivity index (χ2n) is 6.64. The Balaban J connectivity index is 1.51. The number of quaternary nitrogens is 1. The van der Waals surface area contributed by atoms with Crippen molar-refractivity contribution < 1.29 is 28.8 Å². The number of hydrogen-bond donors (Lipinski definition) is 3. The number of urea groups is 1. The van der Waals surface area contributed by atoms with Crippen molar-refractivity contribution in [3.05, 3.63) is 24.3 Å². The van der Waals surface area contributed by atoms with E-state index < -0.39 is 12.1 Å². The van der Waals surface area contributed by atoms with Crippen molar-refractivity contribution in [1.82, 2.24) is 15.5 Å². The van der Waals surface area contributed by atoms with Gasteiger partial charge < -0.3 is 24.6 Å². The summed E-state index contributed by atoms with van der Waals surface area (Å²) in [5.41, 5.74) is 0. The number of benzene rings is 1. The monoisotopic (exact) mass is 377 g/mol. The van der Waals surface area contributed by atoms with Crippen LogP contribution < -0.4 is 25.0 Å². The van der Waals surface area contributed by atoms with Crippen molar-refractivity contribution in [3.63, 3.8) is 0 Å². The number of fused-ring (bicyclic) bond motifs is 1. The number of ether oxygens (including phenoxy) is 2. The van der Waals surface area contributed by atoms with Crippen molar-refractivity contribution >= 4 is 17.8 Å². The fourth-order valence-corrected chi connectivity index (χ4v) is 3.26. The van der Waals surface area contributed by atoms with Crippen LogP contribution in [0.3, 0.4) is 0 Å². The van der Waals surface area contributed by atoms with Crippen LogP contribution in [-0.4, -0.2) is 74.7 Å². The molecule has 1 saturated heterocycles. The molecule has 0 radical (unpaired) electrons. The Kier molecular flexibility index (Phi) is 5.80. The van der Waals surface area contributed by atoms with Gasteiger partial charge in [0.2, 0.25) is 6.10 Å². The van der Waals surface area contributed by atoms with Crippen LogP contribution in [0.4, 0.5) is 4.79 Å². The lowest BCUT2D eigenvalue weighted by molar-refractivity contribution is -0.917. The minimum atomic E-state index is -0.657. The molecule has 3 N–H and O–H groups in total. The third-order valence-corrected chi connectivity index (χ3v) is 4.97. The summed E-state index contributed by atoms with van der Waals surface area (Å²) < 4.78 is 11.4. The standard InChI is InChI=1S/C18H24N4O5/c1-12(16(23)20-18(25)19-2)21-7-9-22(10-8-21)17(24)15-11-26-13-5-3-4-6-14(13)27-15/h3-6,12,15H,7-11H2,1-2H3,(H2,19,20,23,25)/p+1/t12-,15+/m1/s1. The van der Waals surface area contributed by atoms with Crippen molar-refractivity contribution in [1.29, 1.82) is 0 Å². The van der Waals surface area contributed by atoms with E-state index in [0.29, 0.717) is 37.7 Å². The zero-order valence-electron chi connectivity index (χ0n) is 15.5. The van der Waals surface area contributed by atoms with E-state index in [1.54, 1.807) is 17.9 Å². The first-order chi connectivity index (χ1) is 13.0. The molecule has 1 aromatic carbocycles. The topological polar surface area (TPSA) is 101 Å². The van der Waals surface area contributed by atoms with Gasteiger partial charge in [-0.25, -0.2) is 4.79 Å². The van der Waals surface area contributed by atoms with E-state index in [0.717, 1.165) is 4.90 Å². The molecule has 1 fully saturated rings. The Morgan fingerprint density at radius 2 is 1.85 bits per heavy atom. The third-order valence-electron chi connectivity index (χ3n) is 4.97. The maximum absolute atomic E-state index is 12.7. The highest BCUT2D eigenvalue weighted by molar-refractivity contribution is 5.96. The smallest absolute Gasteiger partial charge is 0.321 e. The normalized spacial score (nSPS) is 20.5. The maximum atomic E-state index is 12.7. The molecule has 27 heavy (non-hydrogen) atoms. The summed E-state index contributed by atoms with van der Waals surface area (Å²) in [7, 11) is 1.46. The summed E-state index contributed by atoms with van der Waals surface area (Å²) in [6.45, 7) is 4.25. The van der Waals surface area contributed by atoms with Gasteiger partial charge in [-0.1, -0.05) is 12.1 Å². The number of carbonyl (C=O) groups is 3. The highest BCUT2D eigenvalue weighted by Gasteiger charge is 2.36. The number of amides is 4. The Morgan fingerprint density at radius 1 is 1.19 bits per heavy atom. The minimum absolute atomic E-state index is 0.106. The van der Waals surface area contributed by atoms with Gasteiger partial charge in [0, 0.05) is 7.05 Å². The second-order valence-corrected chi connectivity index (χ2v) is 6.64. The van der Waals surface area contributed by atoms with E-state index in [9.17, 15) is 14.4 Å². The van der Waals surface area contributed by atoms with Gasteiger partial charge in [-0.2, -0.15) is 0 Å². The first-order valence-electron chi connectivity index (χ1n) is 9.04. The summed E-state index contributed by atoms with van der Waals surface area (Å²) in [6, 6.07) is 6.39. The van der Waals surface area contributed by atoms with Gasteiger partial charge in [-0.15, -0.1) is 0 Å². The van der Waals surface area contributed by atoms with E-state index in [2.05, 4.69) is 10.6 Å². The molecule has 0 bridgehead atoms. The highest BCUT2D eigenvalue weighted by atomic mass is 16.6. The Bertz CT molecular complexity index is 717. The van der Waals surface area contributed by atoms with Gasteiger partial charge in [-0.3, -0.25) is 14.9 Å². The SMILES string of the molecule is CNC(=O)NC(=O)[C@@H](C)[NH+]1CCN(C(=O)[C@@H]2COc3ccccc3O2)CC1. The van der Waals surface area contributed by atoms with Crippen LogP contribution in [0.1, 0.15) is 6.92 Å². The predicted molar refractivity (Wildman–Crippen MR) is 95.7 cm³/mol. The van der Waals surface area contributed by atoms with E-state index in [4.69, 9.17) is 9.47 Å². The van der Waals surface area contributed by atoms with Crippen molar-refractivity contribution in [2.45, 2.75) is 19.1 Å². The summed E-state index contributed by atoms with van der Waals surface area (Å²) >= 11 is 0. The molecule has 2 atom stereocenters. The summed E-state index contributed by atoms with van der Waals surface area (Å²) in [4.78, 5) is 38.9. The molecule has 9 nitrogen and oxygen atoms in total. The molecule has 2 heterocycles. The zero-order chi connectivity index (χ0) is 19.4. The van der Waals surface area contributed by atoms with Crippen molar-refractivity contribution in [2.75, 3.05) is 39.8 Å². The number of para-hydroxylation sites is 2. The van der Waals surface area contributed by atoms with E-state index in [-0.39, 0.29) is 24.5 Å². The van der Waals surface area contributed by atoms with Crippen molar-refractivity contribution in [2.24, 2.45) is 0 Å². The van der Waals surface area contributed by atoms with Gasteiger partial charge in [-0.05, 0) is 19.1 Å². The summed E-state index contributed by atoms with van der Waals surface area (Å²) in [5.74, 6) is 0.786. The summed E-state index contributed by atoms with van der Waals surface area (Å²) in [5, 5.41) is 4.66. The molecule has 0 aromatic heterocycles. The maximum Gasteiger partial charge on any atom is 0.321 e. The van der Waals surface area contributed by atoms with Crippen molar-refractivity contribution in [3.8, 4) is 11.5 Å². The van der Waals surface area contributed by atoms with E-state index in [1.165, 1.54) is 7.05 Å². The lowest BCUT2D eigenvalue weighted by atomic mass is 10.2. The molecule has 0 unspecified atom stereocenters. The molecular formula is C18H25N4O5+. The molecule has 146 valence electrons. The van der Waals surface area contributed by atoms with Crippen LogP contribution >= 0.6 is 0 Å². The van der Waals surface area contributed by atoms with Crippen LogP contribution in [-0.2, 0) is 9.59 Å². The van der Waals surface area contributed by atoms with E-state index >= 15 is 0 Å². The number of hydrogen-bond acceptors (Lipinski definition) is 5. The number of nitrogens with zero attached hydrogens (tertiary/aromatic N) is 1. The largest absolute Gasteiger partial charge is 0.485 e. The van der Waals surface area contributed by atoms with Crippen LogP contribution in [0.5, 0.6) is 11.5 Å². The molecule has 0 aliphatic carbocycles. The Morgan fingerprint density at radius 3 is 2.52 bits per heavy atom. The third kappa shape index (κ3) is 4.30. The Labute approximate surface area is 157 Å². The molecule has 2 aliphatic heterocycles. The fourth-order valence-electron chi connectivity index (χ4n) is 3.26. The second kappa shape index (κ2) is 8.26. The number of nitrogens with one attached hydrogen (secondary N) is 3. The van der Waals surface area contributed by atoms with Gasteiger partial charge in [0.05, 0.1) is 26.2 Å². The van der Waals surface area contributed by atoms with Gasteiger partial charge in [0.1, 0.15) is 6.61 Å². The number of imide groups is 1. The van der Waals surface area contributed by atoms with Crippen LogP contribution in [0, 0.1) is 0 Å². The van der Waals surface area contributed by atoms with E-state index in [1.807, 2.05) is 18.2 Å². The molecule has 9 heteroatoms. The fraction of sp³-hybridized carbons (Fsp3) is 0.500. The van der Waals surface area contributed by atoms with Crippen LogP contribution in [0.15, 0.2) is 24.3 Å². The number of carbonyl (C=O) groups excluding carboxylic acids is 3. The Hall–Kier alpha value is -2.81. The molecule has 3 rings (SSSR count). The highest BCUT2D eigenvalue weighted by Crippen LogP contribution is 2.31. The quantitative estimate of drug-likeness (QED) is 0.589. The lowest BCUT2D eigenvalue weighted by Crippen LogP contribution is -3.19. The van der Waals surface area contributed by atoms with Crippen LogP contribution in [0.25, 0.3) is 0 Å². The molecule has 0 saturated carbocycles. The molecule has 4 amide bonds. The molecule has 2 aliphatic rings. The summed E-state index contributed by atoms with van der Waals surface area (Å²) in [6.07, 6.45) is -0.657. The molecule has 1 aromatic rings. The van der Waals surface area contributed by atoms with Gasteiger partial charge in [0.25, 0.3) is 11.8 Å². The average molecular weight is 377 g/mol.